The van der Waals surface area contributed by atoms with E-state index in [0.717, 1.165) is 37.0 Å². The Morgan fingerprint density at radius 2 is 1.92 bits per heavy atom. The second-order valence-electron chi connectivity index (χ2n) is 5.72. The van der Waals surface area contributed by atoms with Gasteiger partial charge in [0, 0.05) is 22.0 Å². The molecule has 2 amide bonds. The van der Waals surface area contributed by atoms with E-state index in [1.165, 1.54) is 0 Å². The number of unbranched alkanes of at least 4 members (excludes halogenated alkanes) is 3. The highest BCUT2D eigenvalue weighted by Gasteiger charge is 2.19. The van der Waals surface area contributed by atoms with E-state index in [2.05, 4.69) is 17.6 Å². The molecule has 0 aliphatic rings. The number of carboxylic acid groups (broad SMARTS) is 1. The number of rotatable bonds is 8. The van der Waals surface area contributed by atoms with Crippen LogP contribution in [-0.2, 0) is 0 Å². The smallest absolute Gasteiger partial charge is 0.348 e. The maximum absolute atomic E-state index is 12.0. The number of urea groups is 1. The van der Waals surface area contributed by atoms with Crippen molar-refractivity contribution in [2.24, 2.45) is 0 Å². The number of hydrogen-bond donors (Lipinski definition) is 3. The SMILES string of the molecule is CCCCCCNC(=O)Nc1cc(-c2ccc(Cl)cc2Cl)sc1C(=O)O. The summed E-state index contributed by atoms with van der Waals surface area (Å²) in [7, 11) is 0. The molecule has 140 valence electrons. The molecule has 0 saturated carbocycles. The number of carboxylic acids is 1. The van der Waals surface area contributed by atoms with Crippen molar-refractivity contribution < 1.29 is 14.7 Å². The Morgan fingerprint density at radius 1 is 1.15 bits per heavy atom. The van der Waals surface area contributed by atoms with E-state index < -0.39 is 12.0 Å². The lowest BCUT2D eigenvalue weighted by Crippen LogP contribution is -2.29. The molecule has 0 saturated heterocycles. The number of benzene rings is 1. The van der Waals surface area contributed by atoms with Crippen LogP contribution in [0, 0.1) is 0 Å². The van der Waals surface area contributed by atoms with Gasteiger partial charge in [0.25, 0.3) is 0 Å². The topological polar surface area (TPSA) is 78.4 Å². The van der Waals surface area contributed by atoms with Crippen LogP contribution in [0.25, 0.3) is 10.4 Å². The summed E-state index contributed by atoms with van der Waals surface area (Å²) in [6.45, 7) is 2.67. The Hall–Kier alpha value is -1.76. The first-order valence-corrected chi connectivity index (χ1v) is 9.87. The summed E-state index contributed by atoms with van der Waals surface area (Å²) in [6.07, 6.45) is 4.19. The van der Waals surface area contributed by atoms with Crippen molar-refractivity contribution in [1.29, 1.82) is 0 Å². The van der Waals surface area contributed by atoms with Gasteiger partial charge in [-0.25, -0.2) is 9.59 Å². The summed E-state index contributed by atoms with van der Waals surface area (Å²) in [6, 6.07) is 6.18. The molecule has 26 heavy (non-hydrogen) atoms. The van der Waals surface area contributed by atoms with Gasteiger partial charge in [0.05, 0.1) is 10.7 Å². The monoisotopic (exact) mass is 414 g/mol. The summed E-state index contributed by atoms with van der Waals surface area (Å²) in [5.74, 6) is -1.11. The van der Waals surface area contributed by atoms with E-state index in [1.807, 2.05) is 0 Å². The first-order chi connectivity index (χ1) is 12.4. The zero-order valence-electron chi connectivity index (χ0n) is 14.3. The highest BCUT2D eigenvalue weighted by atomic mass is 35.5. The predicted molar refractivity (Wildman–Crippen MR) is 108 cm³/mol. The zero-order chi connectivity index (χ0) is 19.1. The van der Waals surface area contributed by atoms with Gasteiger partial charge < -0.3 is 15.7 Å². The molecular weight excluding hydrogens is 395 g/mol. The largest absolute Gasteiger partial charge is 0.477 e. The molecule has 0 atom stereocenters. The fourth-order valence-electron chi connectivity index (χ4n) is 2.38. The van der Waals surface area contributed by atoms with E-state index in [0.29, 0.717) is 27.0 Å². The Bertz CT molecular complexity index is 793. The third-order valence-electron chi connectivity index (χ3n) is 3.69. The molecule has 0 bridgehead atoms. The number of aromatic carboxylic acids is 1. The summed E-state index contributed by atoms with van der Waals surface area (Å²) in [5.41, 5.74) is 0.908. The van der Waals surface area contributed by atoms with E-state index in [-0.39, 0.29) is 10.6 Å². The van der Waals surface area contributed by atoms with Crippen LogP contribution in [0.5, 0.6) is 0 Å². The van der Waals surface area contributed by atoms with Crippen molar-refractivity contribution in [3.63, 3.8) is 0 Å². The Morgan fingerprint density at radius 3 is 2.58 bits per heavy atom. The van der Waals surface area contributed by atoms with Gasteiger partial charge >= 0.3 is 12.0 Å². The van der Waals surface area contributed by atoms with Crippen molar-refractivity contribution in [3.05, 3.63) is 39.2 Å². The average molecular weight is 415 g/mol. The quantitative estimate of drug-likeness (QED) is 0.455. The minimum Gasteiger partial charge on any atom is -0.477 e. The fraction of sp³-hybridized carbons (Fsp3) is 0.333. The van der Waals surface area contributed by atoms with Crippen LogP contribution in [0.1, 0.15) is 42.3 Å². The molecule has 0 aliphatic heterocycles. The molecule has 8 heteroatoms. The zero-order valence-corrected chi connectivity index (χ0v) is 16.6. The number of carbonyl (C=O) groups excluding carboxylic acids is 1. The lowest BCUT2D eigenvalue weighted by Gasteiger charge is -2.07. The lowest BCUT2D eigenvalue weighted by molar-refractivity contribution is 0.0703. The molecule has 0 fully saturated rings. The summed E-state index contributed by atoms with van der Waals surface area (Å²) >= 11 is 13.1. The fourth-order valence-corrected chi connectivity index (χ4v) is 3.94. The van der Waals surface area contributed by atoms with Gasteiger partial charge in [-0.2, -0.15) is 0 Å². The molecule has 2 aromatic rings. The van der Waals surface area contributed by atoms with Crippen molar-refractivity contribution in [3.8, 4) is 10.4 Å². The lowest BCUT2D eigenvalue weighted by atomic mass is 10.2. The van der Waals surface area contributed by atoms with Crippen LogP contribution in [0.4, 0.5) is 10.5 Å². The minimum absolute atomic E-state index is 0.0483. The van der Waals surface area contributed by atoms with Crippen LogP contribution in [-0.4, -0.2) is 23.7 Å². The minimum atomic E-state index is -1.11. The standard InChI is InChI=1S/C18H20Cl2N2O3S/c1-2-3-4-5-8-21-18(25)22-14-10-15(26-16(14)17(23)24)12-7-6-11(19)9-13(12)20/h6-7,9-10H,2-5,8H2,1H3,(H,23,24)(H2,21,22,25). The van der Waals surface area contributed by atoms with Crippen molar-refractivity contribution in [2.75, 3.05) is 11.9 Å². The van der Waals surface area contributed by atoms with Gasteiger partial charge in [-0.3, -0.25) is 0 Å². The number of hydrogen-bond acceptors (Lipinski definition) is 3. The van der Waals surface area contributed by atoms with Gasteiger partial charge in [-0.1, -0.05) is 55.5 Å². The van der Waals surface area contributed by atoms with Crippen LogP contribution in [0.15, 0.2) is 24.3 Å². The number of carbonyl (C=O) groups is 2. The predicted octanol–water partition coefficient (Wildman–Crippen LogP) is 6.12. The molecule has 2 rings (SSSR count). The molecule has 5 nitrogen and oxygen atoms in total. The molecule has 3 N–H and O–H groups in total. The van der Waals surface area contributed by atoms with Gasteiger partial charge in [0.2, 0.25) is 0 Å². The maximum Gasteiger partial charge on any atom is 0.348 e. The first-order valence-electron chi connectivity index (χ1n) is 8.29. The average Bonchev–Trinajstić information content (AvgIpc) is 2.98. The molecule has 0 aliphatic carbocycles. The Balaban J connectivity index is 2.11. The normalized spacial score (nSPS) is 10.6. The number of halogens is 2. The maximum atomic E-state index is 12.0. The molecule has 0 spiro atoms. The van der Waals surface area contributed by atoms with Crippen LogP contribution in [0.2, 0.25) is 10.0 Å². The van der Waals surface area contributed by atoms with E-state index >= 15 is 0 Å². The first kappa shape index (κ1) is 20.6. The van der Waals surface area contributed by atoms with Gasteiger partial charge in [-0.15, -0.1) is 11.3 Å². The number of nitrogens with one attached hydrogen (secondary N) is 2. The van der Waals surface area contributed by atoms with Crippen LogP contribution in [0.3, 0.4) is 0 Å². The molecule has 1 aromatic carbocycles. The number of anilines is 1. The van der Waals surface area contributed by atoms with E-state index in [4.69, 9.17) is 23.2 Å². The van der Waals surface area contributed by atoms with Crippen LogP contribution >= 0.6 is 34.5 Å². The summed E-state index contributed by atoms with van der Waals surface area (Å²) in [5, 5.41) is 15.7. The summed E-state index contributed by atoms with van der Waals surface area (Å²) < 4.78 is 0. The molecular formula is C18H20Cl2N2O3S. The Labute approximate surface area is 166 Å². The summed E-state index contributed by atoms with van der Waals surface area (Å²) in [4.78, 5) is 24.2. The third kappa shape index (κ3) is 5.62. The molecule has 1 aromatic heterocycles. The second kappa shape index (κ2) is 9.80. The van der Waals surface area contributed by atoms with E-state index in [1.54, 1.807) is 24.3 Å². The third-order valence-corrected chi connectivity index (χ3v) is 5.39. The highest BCUT2D eigenvalue weighted by Crippen LogP contribution is 2.39. The van der Waals surface area contributed by atoms with Gasteiger partial charge in [0.1, 0.15) is 4.88 Å². The van der Waals surface area contributed by atoms with E-state index in [9.17, 15) is 14.7 Å². The Kier molecular flexibility index (Phi) is 7.75. The van der Waals surface area contributed by atoms with Crippen molar-refractivity contribution in [1.82, 2.24) is 5.32 Å². The number of thiophene rings is 1. The van der Waals surface area contributed by atoms with Gasteiger partial charge in [-0.05, 0) is 24.6 Å². The number of amides is 2. The second-order valence-corrected chi connectivity index (χ2v) is 7.62. The van der Waals surface area contributed by atoms with Gasteiger partial charge in [0.15, 0.2) is 0 Å². The van der Waals surface area contributed by atoms with Crippen LogP contribution < -0.4 is 10.6 Å². The van der Waals surface area contributed by atoms with Crippen molar-refractivity contribution >= 4 is 52.2 Å². The molecule has 1 heterocycles. The highest BCUT2D eigenvalue weighted by molar-refractivity contribution is 7.18. The molecule has 0 unspecified atom stereocenters. The molecule has 0 radical (unpaired) electrons. The van der Waals surface area contributed by atoms with Crippen molar-refractivity contribution in [2.45, 2.75) is 32.6 Å².